The molecule has 2 heterocycles. The van der Waals surface area contributed by atoms with Gasteiger partial charge in [0, 0.05) is 18.7 Å². The number of rotatable bonds is 7. The van der Waals surface area contributed by atoms with Gasteiger partial charge in [0.25, 0.3) is 0 Å². The number of aromatic nitrogens is 4. The number of pyridine rings is 1. The van der Waals surface area contributed by atoms with Gasteiger partial charge in [0.05, 0.1) is 11.7 Å². The maximum absolute atomic E-state index is 4.64. The molecule has 0 fully saturated rings. The molecule has 0 aliphatic heterocycles. The predicted octanol–water partition coefficient (Wildman–Crippen LogP) is 2.28. The summed E-state index contributed by atoms with van der Waals surface area (Å²) >= 11 is 0. The molecular weight excluding hydrogens is 250 g/mol. The predicted molar refractivity (Wildman–Crippen MR) is 79.4 cm³/mol. The fraction of sp³-hybridized carbons (Fsp3) is 0.533. The smallest absolute Gasteiger partial charge is 0.138 e. The van der Waals surface area contributed by atoms with Crippen LogP contribution in [0.1, 0.15) is 43.5 Å². The van der Waals surface area contributed by atoms with Gasteiger partial charge in [-0.3, -0.25) is 9.67 Å². The van der Waals surface area contributed by atoms with Gasteiger partial charge in [0.15, 0.2) is 0 Å². The van der Waals surface area contributed by atoms with Crippen molar-refractivity contribution in [2.75, 3.05) is 6.54 Å². The van der Waals surface area contributed by atoms with E-state index in [1.165, 1.54) is 0 Å². The van der Waals surface area contributed by atoms with Gasteiger partial charge < -0.3 is 5.32 Å². The first-order valence-corrected chi connectivity index (χ1v) is 7.28. The molecule has 2 aromatic rings. The van der Waals surface area contributed by atoms with Gasteiger partial charge >= 0.3 is 0 Å². The molecule has 0 aliphatic rings. The maximum Gasteiger partial charge on any atom is 0.138 e. The van der Waals surface area contributed by atoms with E-state index in [0.717, 1.165) is 43.1 Å². The van der Waals surface area contributed by atoms with E-state index in [1.54, 1.807) is 6.33 Å². The largest absolute Gasteiger partial charge is 0.308 e. The summed E-state index contributed by atoms with van der Waals surface area (Å²) in [5.74, 6) is 1.00. The summed E-state index contributed by atoms with van der Waals surface area (Å²) < 4.78 is 1.94. The highest BCUT2D eigenvalue weighted by molar-refractivity contribution is 5.15. The molecule has 0 aliphatic carbocycles. The van der Waals surface area contributed by atoms with E-state index in [9.17, 15) is 0 Å². The van der Waals surface area contributed by atoms with Crippen LogP contribution in [0, 0.1) is 6.92 Å². The molecule has 0 aromatic carbocycles. The van der Waals surface area contributed by atoms with Crippen molar-refractivity contribution in [2.24, 2.45) is 0 Å². The fourth-order valence-corrected chi connectivity index (χ4v) is 2.25. The monoisotopic (exact) mass is 273 g/mol. The second-order valence-electron chi connectivity index (χ2n) is 4.91. The molecule has 0 saturated heterocycles. The van der Waals surface area contributed by atoms with E-state index < -0.39 is 0 Å². The molecule has 2 aromatic heterocycles. The molecule has 2 rings (SSSR count). The highest BCUT2D eigenvalue weighted by atomic mass is 15.3. The molecule has 5 nitrogen and oxygen atoms in total. The van der Waals surface area contributed by atoms with Crippen molar-refractivity contribution < 1.29 is 0 Å². The van der Waals surface area contributed by atoms with Crippen LogP contribution in [-0.4, -0.2) is 26.3 Å². The lowest BCUT2D eigenvalue weighted by molar-refractivity contribution is 0.487. The summed E-state index contributed by atoms with van der Waals surface area (Å²) in [4.78, 5) is 9.01. The number of aryl methyl sites for hydroxylation is 2. The van der Waals surface area contributed by atoms with Gasteiger partial charge in [-0.2, -0.15) is 5.10 Å². The molecule has 1 unspecified atom stereocenters. The average molecular weight is 273 g/mol. The minimum absolute atomic E-state index is 0.185. The van der Waals surface area contributed by atoms with Gasteiger partial charge in [-0.05, 0) is 38.9 Å². The maximum atomic E-state index is 4.64. The second kappa shape index (κ2) is 7.14. The van der Waals surface area contributed by atoms with Crippen LogP contribution in [0.2, 0.25) is 0 Å². The Balaban J connectivity index is 2.19. The first-order valence-electron chi connectivity index (χ1n) is 7.28. The number of hydrogen-bond acceptors (Lipinski definition) is 4. The Kier molecular flexibility index (Phi) is 5.24. The molecule has 0 bridgehead atoms. The molecular formula is C15H23N5. The SMILES string of the molecule is CCCNC(Cc1ncnn1CC)c1cccc(C)n1. The molecule has 1 atom stereocenters. The molecule has 0 saturated carbocycles. The highest BCUT2D eigenvalue weighted by Crippen LogP contribution is 2.16. The first kappa shape index (κ1) is 14.7. The molecule has 1 N–H and O–H groups in total. The first-order chi connectivity index (χ1) is 9.74. The van der Waals surface area contributed by atoms with Gasteiger partial charge in [-0.15, -0.1) is 0 Å². The third-order valence-corrected chi connectivity index (χ3v) is 3.29. The van der Waals surface area contributed by atoms with Crippen LogP contribution >= 0.6 is 0 Å². The Bertz CT molecular complexity index is 535. The zero-order chi connectivity index (χ0) is 14.4. The Hall–Kier alpha value is -1.75. The molecule has 108 valence electrons. The molecule has 0 spiro atoms. The molecule has 5 heteroatoms. The van der Waals surface area contributed by atoms with Crippen LogP contribution in [0.4, 0.5) is 0 Å². The van der Waals surface area contributed by atoms with Gasteiger partial charge in [0.2, 0.25) is 0 Å². The van der Waals surface area contributed by atoms with E-state index >= 15 is 0 Å². The minimum atomic E-state index is 0.185. The third-order valence-electron chi connectivity index (χ3n) is 3.29. The Morgan fingerprint density at radius 3 is 2.85 bits per heavy atom. The van der Waals surface area contributed by atoms with Crippen molar-refractivity contribution in [1.82, 2.24) is 25.1 Å². The van der Waals surface area contributed by atoms with Crippen LogP contribution in [0.15, 0.2) is 24.5 Å². The Morgan fingerprint density at radius 2 is 2.15 bits per heavy atom. The lowest BCUT2D eigenvalue weighted by Gasteiger charge is -2.18. The van der Waals surface area contributed by atoms with Gasteiger partial charge in [0.1, 0.15) is 12.2 Å². The summed E-state index contributed by atoms with van der Waals surface area (Å²) in [6.07, 6.45) is 3.53. The lowest BCUT2D eigenvalue weighted by Crippen LogP contribution is -2.26. The van der Waals surface area contributed by atoms with Crippen LogP contribution in [-0.2, 0) is 13.0 Å². The van der Waals surface area contributed by atoms with Crippen molar-refractivity contribution >= 4 is 0 Å². The van der Waals surface area contributed by atoms with Crippen molar-refractivity contribution in [3.8, 4) is 0 Å². The van der Waals surface area contributed by atoms with E-state index in [0.29, 0.717) is 0 Å². The van der Waals surface area contributed by atoms with Crippen molar-refractivity contribution in [3.05, 3.63) is 41.7 Å². The Morgan fingerprint density at radius 1 is 1.30 bits per heavy atom. The van der Waals surface area contributed by atoms with Crippen molar-refractivity contribution in [2.45, 2.75) is 46.2 Å². The van der Waals surface area contributed by atoms with Crippen LogP contribution in [0.5, 0.6) is 0 Å². The van der Waals surface area contributed by atoms with E-state index in [2.05, 4.69) is 46.4 Å². The summed E-state index contributed by atoms with van der Waals surface area (Å²) in [7, 11) is 0. The topological polar surface area (TPSA) is 55.6 Å². The van der Waals surface area contributed by atoms with Gasteiger partial charge in [-0.25, -0.2) is 4.98 Å². The summed E-state index contributed by atoms with van der Waals surface area (Å²) in [6.45, 7) is 8.09. The number of nitrogens with one attached hydrogen (secondary N) is 1. The number of hydrogen-bond donors (Lipinski definition) is 1. The lowest BCUT2D eigenvalue weighted by atomic mass is 10.1. The molecule has 20 heavy (non-hydrogen) atoms. The van der Waals surface area contributed by atoms with Crippen molar-refractivity contribution in [3.63, 3.8) is 0 Å². The third kappa shape index (κ3) is 3.63. The second-order valence-corrected chi connectivity index (χ2v) is 4.91. The summed E-state index contributed by atoms with van der Waals surface area (Å²) in [5, 5.41) is 7.80. The van der Waals surface area contributed by atoms with Gasteiger partial charge in [-0.1, -0.05) is 13.0 Å². The Labute approximate surface area is 120 Å². The summed E-state index contributed by atoms with van der Waals surface area (Å²) in [5.41, 5.74) is 2.12. The minimum Gasteiger partial charge on any atom is -0.308 e. The number of nitrogens with zero attached hydrogens (tertiary/aromatic N) is 4. The van der Waals surface area contributed by atoms with Crippen LogP contribution in [0.25, 0.3) is 0 Å². The average Bonchev–Trinajstić information content (AvgIpc) is 2.90. The van der Waals surface area contributed by atoms with E-state index in [1.807, 2.05) is 17.7 Å². The molecule has 0 amide bonds. The zero-order valence-electron chi connectivity index (χ0n) is 12.5. The fourth-order valence-electron chi connectivity index (χ4n) is 2.25. The van der Waals surface area contributed by atoms with E-state index in [-0.39, 0.29) is 6.04 Å². The zero-order valence-corrected chi connectivity index (χ0v) is 12.5. The summed E-state index contributed by atoms with van der Waals surface area (Å²) in [6, 6.07) is 6.34. The van der Waals surface area contributed by atoms with Crippen LogP contribution in [0.3, 0.4) is 0 Å². The highest BCUT2D eigenvalue weighted by Gasteiger charge is 2.16. The van der Waals surface area contributed by atoms with Crippen molar-refractivity contribution in [1.29, 1.82) is 0 Å². The quantitative estimate of drug-likeness (QED) is 0.841. The van der Waals surface area contributed by atoms with Crippen LogP contribution < -0.4 is 5.32 Å². The standard InChI is InChI=1S/C15H23N5/c1-4-9-16-14(13-8-6-7-12(3)19-13)10-15-17-11-18-20(15)5-2/h6-8,11,14,16H,4-5,9-10H2,1-3H3. The van der Waals surface area contributed by atoms with E-state index in [4.69, 9.17) is 0 Å². The molecule has 0 radical (unpaired) electrons. The normalized spacial score (nSPS) is 12.6.